The average Bonchev–Trinajstić information content (AvgIpc) is 2.83. The zero-order valence-corrected chi connectivity index (χ0v) is 19.5. The van der Waals surface area contributed by atoms with Gasteiger partial charge in [-0.25, -0.2) is 8.42 Å². The molecule has 3 N–H and O–H groups in total. The number of rotatable bonds is 7. The van der Waals surface area contributed by atoms with Crippen molar-refractivity contribution in [1.82, 2.24) is 5.32 Å². The molecule has 11 heteroatoms. The van der Waals surface area contributed by atoms with E-state index in [1.165, 1.54) is 19.1 Å². The minimum Gasteiger partial charge on any atom is -0.357 e. The molecule has 2 amide bonds. The van der Waals surface area contributed by atoms with E-state index in [0.29, 0.717) is 11.4 Å². The number of nitrogens with one attached hydrogen (secondary N) is 3. The van der Waals surface area contributed by atoms with Gasteiger partial charge in [-0.1, -0.05) is 48.5 Å². The van der Waals surface area contributed by atoms with Gasteiger partial charge in [-0.05, 0) is 30.2 Å². The van der Waals surface area contributed by atoms with Crippen LogP contribution in [0.25, 0.3) is 0 Å². The summed E-state index contributed by atoms with van der Waals surface area (Å²) in [5.74, 6) is -1.65. The number of fused-ring (bicyclic) bond motifs is 1. The van der Waals surface area contributed by atoms with Crippen molar-refractivity contribution in [2.24, 2.45) is 0 Å². The number of amides is 2. The first kappa shape index (κ1) is 23.9. The van der Waals surface area contributed by atoms with Crippen molar-refractivity contribution < 1.29 is 22.9 Å². The lowest BCUT2D eigenvalue weighted by atomic mass is 10.1. The smallest absolute Gasteiger partial charge is 0.270 e. The van der Waals surface area contributed by atoms with Gasteiger partial charge in [-0.15, -0.1) is 0 Å². The maximum atomic E-state index is 14.0. The van der Waals surface area contributed by atoms with E-state index in [2.05, 4.69) is 16.0 Å². The highest BCUT2D eigenvalue weighted by Gasteiger charge is 2.56. The van der Waals surface area contributed by atoms with Gasteiger partial charge in [0.1, 0.15) is 0 Å². The first-order valence-electron chi connectivity index (χ1n) is 10.6. The van der Waals surface area contributed by atoms with E-state index in [-0.39, 0.29) is 12.1 Å². The van der Waals surface area contributed by atoms with Crippen LogP contribution in [0.4, 0.5) is 17.1 Å². The van der Waals surface area contributed by atoms with Crippen molar-refractivity contribution >= 4 is 38.7 Å². The Balaban J connectivity index is 1.78. The summed E-state index contributed by atoms with van der Waals surface area (Å²) in [7, 11) is -4.67. The van der Waals surface area contributed by atoms with E-state index in [4.69, 9.17) is 0 Å². The topological polar surface area (TPSA) is 148 Å². The molecule has 1 aliphatic rings. The molecule has 35 heavy (non-hydrogen) atoms. The van der Waals surface area contributed by atoms with Crippen molar-refractivity contribution in [3.05, 3.63) is 94.0 Å². The second kappa shape index (κ2) is 9.18. The molecule has 0 spiro atoms. The number of carbonyl (C=O) groups excluding carboxylic acids is 2. The number of hydrogen-bond acceptors (Lipinski definition) is 7. The lowest BCUT2D eigenvalue weighted by molar-refractivity contribution is -0.385. The Kier molecular flexibility index (Phi) is 6.27. The molecule has 1 atom stereocenters. The SMILES string of the molecule is Cc1ccc([N+](=O)[O-])cc1S(=O)(=O)[C@]1(CC(=O)NCc2ccccc2)Nc2ccccc2NC1=O. The zero-order chi connectivity index (χ0) is 25.2. The lowest BCUT2D eigenvalue weighted by Gasteiger charge is -2.37. The van der Waals surface area contributed by atoms with Gasteiger partial charge in [0.2, 0.25) is 20.6 Å². The quantitative estimate of drug-likeness (QED) is 0.338. The van der Waals surface area contributed by atoms with Crippen LogP contribution in [0, 0.1) is 17.0 Å². The van der Waals surface area contributed by atoms with Crippen molar-refractivity contribution in [3.8, 4) is 0 Å². The molecule has 10 nitrogen and oxygen atoms in total. The molecule has 0 fully saturated rings. The molecule has 0 aliphatic carbocycles. The number of hydrogen-bond donors (Lipinski definition) is 3. The third-order valence-electron chi connectivity index (χ3n) is 5.75. The monoisotopic (exact) mass is 494 g/mol. The van der Waals surface area contributed by atoms with Gasteiger partial charge < -0.3 is 16.0 Å². The minimum absolute atomic E-state index is 0.129. The maximum absolute atomic E-state index is 14.0. The third kappa shape index (κ3) is 4.45. The summed E-state index contributed by atoms with van der Waals surface area (Å²) in [5, 5.41) is 19.3. The average molecular weight is 495 g/mol. The van der Waals surface area contributed by atoms with Gasteiger partial charge in [-0.3, -0.25) is 19.7 Å². The molecule has 0 radical (unpaired) electrons. The number of carbonyl (C=O) groups is 2. The van der Waals surface area contributed by atoms with Gasteiger partial charge in [0, 0.05) is 18.7 Å². The highest BCUT2D eigenvalue weighted by molar-refractivity contribution is 7.94. The van der Waals surface area contributed by atoms with E-state index in [1.54, 1.807) is 48.5 Å². The summed E-state index contributed by atoms with van der Waals surface area (Å²) in [6.45, 7) is 1.60. The predicted molar refractivity (Wildman–Crippen MR) is 129 cm³/mol. The highest BCUT2D eigenvalue weighted by atomic mass is 32.2. The fourth-order valence-corrected chi connectivity index (χ4v) is 5.88. The zero-order valence-electron chi connectivity index (χ0n) is 18.6. The number of aryl methyl sites for hydroxylation is 1. The number of nitrogens with zero attached hydrogens (tertiary/aromatic N) is 1. The summed E-state index contributed by atoms with van der Waals surface area (Å²) < 4.78 is 28.0. The lowest BCUT2D eigenvalue weighted by Crippen LogP contribution is -2.60. The van der Waals surface area contributed by atoms with E-state index in [1.807, 2.05) is 6.07 Å². The Hall–Kier alpha value is -4.25. The summed E-state index contributed by atoms with van der Waals surface area (Å²) in [6, 6.07) is 18.9. The standard InChI is InChI=1S/C24H22N4O6S/c1-16-11-12-18(28(31)32)13-21(16)35(33,34)24(14-22(29)25-15-17-7-3-2-4-8-17)23(30)26-19-9-5-6-10-20(19)27-24/h2-13,27H,14-15H2,1H3,(H,25,29)(H,26,30)/t24-/m0/s1. The van der Waals surface area contributed by atoms with Crippen LogP contribution in [0.1, 0.15) is 17.5 Å². The van der Waals surface area contributed by atoms with Crippen molar-refractivity contribution in [1.29, 1.82) is 0 Å². The number of anilines is 2. The molecular weight excluding hydrogens is 472 g/mol. The summed E-state index contributed by atoms with van der Waals surface area (Å²) >= 11 is 0. The van der Waals surface area contributed by atoms with Gasteiger partial charge in [0.15, 0.2) is 0 Å². The van der Waals surface area contributed by atoms with Crippen LogP contribution in [0.5, 0.6) is 0 Å². The van der Waals surface area contributed by atoms with Gasteiger partial charge in [0.25, 0.3) is 11.6 Å². The number of non-ortho nitro benzene ring substituents is 1. The van der Waals surface area contributed by atoms with Crippen LogP contribution in [-0.4, -0.2) is 30.0 Å². The third-order valence-corrected chi connectivity index (χ3v) is 8.12. The molecule has 180 valence electrons. The molecule has 0 unspecified atom stereocenters. The fourth-order valence-electron chi connectivity index (χ4n) is 3.87. The van der Waals surface area contributed by atoms with Crippen molar-refractivity contribution in [3.63, 3.8) is 0 Å². The molecule has 0 saturated heterocycles. The Morgan fingerprint density at radius 1 is 1.03 bits per heavy atom. The first-order valence-corrected chi connectivity index (χ1v) is 12.1. The number of sulfone groups is 1. The molecular formula is C24H22N4O6S. The highest BCUT2D eigenvalue weighted by Crippen LogP contribution is 2.40. The van der Waals surface area contributed by atoms with E-state index < -0.39 is 48.4 Å². The van der Waals surface area contributed by atoms with Crippen LogP contribution >= 0.6 is 0 Å². The molecule has 4 rings (SSSR count). The van der Waals surface area contributed by atoms with Crippen molar-refractivity contribution in [2.75, 3.05) is 10.6 Å². The molecule has 3 aromatic carbocycles. The Bertz CT molecular complexity index is 1420. The summed E-state index contributed by atoms with van der Waals surface area (Å²) in [5.41, 5.74) is 1.19. The maximum Gasteiger partial charge on any atom is 0.270 e. The Morgan fingerprint density at radius 3 is 2.37 bits per heavy atom. The van der Waals surface area contributed by atoms with Crippen LogP contribution in [0.2, 0.25) is 0 Å². The minimum atomic E-state index is -4.67. The molecule has 3 aromatic rings. The van der Waals surface area contributed by atoms with E-state index >= 15 is 0 Å². The number of nitro groups is 1. The summed E-state index contributed by atoms with van der Waals surface area (Å²) in [6.07, 6.45) is -0.759. The normalized spacial score (nSPS) is 17.0. The second-order valence-corrected chi connectivity index (χ2v) is 10.2. The van der Waals surface area contributed by atoms with Crippen LogP contribution in [0.15, 0.2) is 77.7 Å². The molecule has 0 bridgehead atoms. The molecule has 1 heterocycles. The van der Waals surface area contributed by atoms with Gasteiger partial charge >= 0.3 is 0 Å². The second-order valence-electron chi connectivity index (χ2n) is 8.10. The fraction of sp³-hybridized carbons (Fsp3) is 0.167. The molecule has 1 aliphatic heterocycles. The van der Waals surface area contributed by atoms with Crippen LogP contribution in [-0.2, 0) is 26.0 Å². The number of nitro benzene ring substituents is 1. The Labute approximate surface area is 201 Å². The summed E-state index contributed by atoms with van der Waals surface area (Å²) in [4.78, 5) is 34.1. The first-order chi connectivity index (χ1) is 16.6. The van der Waals surface area contributed by atoms with Gasteiger partial charge in [-0.2, -0.15) is 0 Å². The number of para-hydroxylation sites is 2. The van der Waals surface area contributed by atoms with Crippen LogP contribution in [0.3, 0.4) is 0 Å². The van der Waals surface area contributed by atoms with Crippen molar-refractivity contribution in [2.45, 2.75) is 29.7 Å². The van der Waals surface area contributed by atoms with Gasteiger partial charge in [0.05, 0.1) is 27.6 Å². The van der Waals surface area contributed by atoms with Crippen LogP contribution < -0.4 is 16.0 Å². The Morgan fingerprint density at radius 2 is 1.69 bits per heavy atom. The molecule has 0 saturated carbocycles. The van der Waals surface area contributed by atoms with E-state index in [9.17, 15) is 28.1 Å². The predicted octanol–water partition coefficient (Wildman–Crippen LogP) is 3.14. The molecule has 0 aromatic heterocycles. The van der Waals surface area contributed by atoms with E-state index in [0.717, 1.165) is 11.6 Å². The number of benzene rings is 3. The largest absolute Gasteiger partial charge is 0.357 e.